The Labute approximate surface area is 120 Å². The molecule has 0 aliphatic heterocycles. The number of nitrogens with one attached hydrogen (secondary N) is 1. The van der Waals surface area contributed by atoms with Gasteiger partial charge >= 0.3 is 0 Å². The summed E-state index contributed by atoms with van der Waals surface area (Å²) >= 11 is 6.33. The molecular formula is C15H22ClNO2. The first-order valence-corrected chi connectivity index (χ1v) is 6.68. The van der Waals surface area contributed by atoms with Gasteiger partial charge in [-0.3, -0.25) is 0 Å². The van der Waals surface area contributed by atoms with E-state index in [0.29, 0.717) is 22.6 Å². The highest BCUT2D eigenvalue weighted by atomic mass is 35.5. The molecule has 0 aromatic heterocycles. The van der Waals surface area contributed by atoms with Gasteiger partial charge in [-0.05, 0) is 24.6 Å². The highest BCUT2D eigenvalue weighted by Crippen LogP contribution is 2.38. The second kappa shape index (κ2) is 7.41. The van der Waals surface area contributed by atoms with Crippen molar-refractivity contribution >= 4 is 17.7 Å². The van der Waals surface area contributed by atoms with Crippen molar-refractivity contribution in [3.05, 3.63) is 28.3 Å². The van der Waals surface area contributed by atoms with Gasteiger partial charge in [0.05, 0.1) is 19.2 Å². The fourth-order valence-corrected chi connectivity index (χ4v) is 1.99. The highest BCUT2D eigenvalue weighted by Gasteiger charge is 2.11. The van der Waals surface area contributed by atoms with Crippen LogP contribution in [0.5, 0.6) is 11.5 Å². The first-order chi connectivity index (χ1) is 8.99. The highest BCUT2D eigenvalue weighted by molar-refractivity contribution is 6.33. The average Bonchev–Trinajstić information content (AvgIpc) is 2.38. The normalized spacial score (nSPS) is 11.8. The molecule has 0 saturated carbocycles. The molecule has 0 spiro atoms. The molecule has 1 aromatic rings. The number of rotatable bonds is 6. The molecule has 3 nitrogen and oxygen atoms in total. The molecule has 0 aliphatic carbocycles. The topological polar surface area (TPSA) is 30.5 Å². The lowest BCUT2D eigenvalue weighted by Crippen LogP contribution is -2.24. The van der Waals surface area contributed by atoms with Crippen LogP contribution in [0.15, 0.2) is 17.7 Å². The minimum absolute atomic E-state index is 0.462. The van der Waals surface area contributed by atoms with Gasteiger partial charge in [0.1, 0.15) is 0 Å². The van der Waals surface area contributed by atoms with Crippen LogP contribution in [-0.2, 0) is 0 Å². The van der Waals surface area contributed by atoms with Gasteiger partial charge in [-0.15, -0.1) is 0 Å². The van der Waals surface area contributed by atoms with Gasteiger partial charge in [-0.2, -0.15) is 0 Å². The Morgan fingerprint density at radius 1 is 1.32 bits per heavy atom. The molecule has 0 saturated heterocycles. The summed E-state index contributed by atoms with van der Waals surface area (Å²) in [5.41, 5.74) is 2.14. The van der Waals surface area contributed by atoms with Crippen LogP contribution in [0.1, 0.15) is 26.3 Å². The van der Waals surface area contributed by atoms with Crippen molar-refractivity contribution in [3.63, 3.8) is 0 Å². The Morgan fingerprint density at radius 3 is 2.53 bits per heavy atom. The van der Waals surface area contributed by atoms with Crippen LogP contribution in [0.3, 0.4) is 0 Å². The second-order valence-corrected chi connectivity index (χ2v) is 5.11. The van der Waals surface area contributed by atoms with E-state index in [0.717, 1.165) is 12.1 Å². The van der Waals surface area contributed by atoms with Crippen molar-refractivity contribution in [2.45, 2.75) is 26.8 Å². The van der Waals surface area contributed by atoms with Crippen LogP contribution in [-0.4, -0.2) is 26.8 Å². The molecule has 0 radical (unpaired) electrons. The largest absolute Gasteiger partial charge is 0.493 e. The Hall–Kier alpha value is -1.19. The Morgan fingerprint density at radius 2 is 2.00 bits per heavy atom. The van der Waals surface area contributed by atoms with Gasteiger partial charge in [0.2, 0.25) is 0 Å². The fourth-order valence-electron chi connectivity index (χ4n) is 1.70. The van der Waals surface area contributed by atoms with E-state index in [1.54, 1.807) is 14.2 Å². The minimum Gasteiger partial charge on any atom is -0.493 e. The standard InChI is InChI=1S/C15H22ClNO2/c1-10(2)17-9-11(3)8-12-6-7-13(18-4)15(19-5)14(12)16/h6-8,10,17H,9H2,1-5H3. The predicted molar refractivity (Wildman–Crippen MR) is 81.3 cm³/mol. The number of hydrogen-bond donors (Lipinski definition) is 1. The number of methoxy groups -OCH3 is 2. The van der Waals surface area contributed by atoms with Gasteiger partial charge in [0.25, 0.3) is 0 Å². The average molecular weight is 284 g/mol. The minimum atomic E-state index is 0.462. The van der Waals surface area contributed by atoms with Crippen molar-refractivity contribution < 1.29 is 9.47 Å². The van der Waals surface area contributed by atoms with Gasteiger partial charge in [-0.25, -0.2) is 0 Å². The Kier molecular flexibility index (Phi) is 6.19. The summed E-state index contributed by atoms with van der Waals surface area (Å²) < 4.78 is 10.5. The molecule has 0 amide bonds. The molecule has 0 fully saturated rings. The van der Waals surface area contributed by atoms with Gasteiger partial charge < -0.3 is 14.8 Å². The summed E-state index contributed by atoms with van der Waals surface area (Å²) in [7, 11) is 3.19. The molecule has 0 aliphatic rings. The first kappa shape index (κ1) is 15.9. The maximum Gasteiger partial charge on any atom is 0.179 e. The molecule has 0 heterocycles. The fraction of sp³-hybridized carbons (Fsp3) is 0.467. The molecule has 19 heavy (non-hydrogen) atoms. The maximum atomic E-state index is 6.33. The van der Waals surface area contributed by atoms with E-state index < -0.39 is 0 Å². The number of ether oxygens (including phenoxy) is 2. The van der Waals surface area contributed by atoms with E-state index in [1.807, 2.05) is 12.1 Å². The lowest BCUT2D eigenvalue weighted by molar-refractivity contribution is 0.355. The quantitative estimate of drug-likeness (QED) is 0.862. The number of hydrogen-bond acceptors (Lipinski definition) is 3. The molecule has 1 N–H and O–H groups in total. The predicted octanol–water partition coefficient (Wildman–Crippen LogP) is 3.76. The van der Waals surface area contributed by atoms with E-state index in [-0.39, 0.29) is 0 Å². The third-order valence-corrected chi connectivity index (χ3v) is 3.10. The molecule has 0 atom stereocenters. The summed E-state index contributed by atoms with van der Waals surface area (Å²) in [6.45, 7) is 7.15. The van der Waals surface area contributed by atoms with E-state index in [4.69, 9.17) is 21.1 Å². The van der Waals surface area contributed by atoms with E-state index in [2.05, 4.69) is 32.2 Å². The zero-order chi connectivity index (χ0) is 14.4. The number of halogens is 1. The van der Waals surface area contributed by atoms with Crippen LogP contribution >= 0.6 is 11.6 Å². The monoisotopic (exact) mass is 283 g/mol. The van der Waals surface area contributed by atoms with Crippen LogP contribution in [0.2, 0.25) is 5.02 Å². The third kappa shape index (κ3) is 4.44. The molecule has 0 bridgehead atoms. The maximum absolute atomic E-state index is 6.33. The summed E-state index contributed by atoms with van der Waals surface area (Å²) in [4.78, 5) is 0. The second-order valence-electron chi connectivity index (χ2n) is 4.73. The number of benzene rings is 1. The van der Waals surface area contributed by atoms with Crippen molar-refractivity contribution in [3.8, 4) is 11.5 Å². The van der Waals surface area contributed by atoms with E-state index in [9.17, 15) is 0 Å². The van der Waals surface area contributed by atoms with Crippen molar-refractivity contribution in [1.82, 2.24) is 5.32 Å². The summed E-state index contributed by atoms with van der Waals surface area (Å²) in [6.07, 6.45) is 2.06. The van der Waals surface area contributed by atoms with Crippen LogP contribution in [0.25, 0.3) is 6.08 Å². The zero-order valence-corrected chi connectivity index (χ0v) is 13.0. The van der Waals surface area contributed by atoms with Gasteiger partial charge in [-0.1, -0.05) is 37.1 Å². The van der Waals surface area contributed by atoms with Crippen LogP contribution < -0.4 is 14.8 Å². The van der Waals surface area contributed by atoms with Crippen LogP contribution in [0.4, 0.5) is 0 Å². The van der Waals surface area contributed by atoms with E-state index in [1.165, 1.54) is 5.57 Å². The van der Waals surface area contributed by atoms with Gasteiger partial charge in [0, 0.05) is 12.6 Å². The van der Waals surface area contributed by atoms with Crippen molar-refractivity contribution in [2.24, 2.45) is 0 Å². The Bertz CT molecular complexity index is 456. The van der Waals surface area contributed by atoms with Crippen molar-refractivity contribution in [1.29, 1.82) is 0 Å². The summed E-state index contributed by atoms with van der Waals surface area (Å²) in [6, 6.07) is 4.26. The van der Waals surface area contributed by atoms with Crippen LogP contribution in [0, 0.1) is 0 Å². The molecule has 1 aromatic carbocycles. The van der Waals surface area contributed by atoms with Crippen molar-refractivity contribution in [2.75, 3.05) is 20.8 Å². The third-order valence-electron chi connectivity index (χ3n) is 2.71. The van der Waals surface area contributed by atoms with Gasteiger partial charge in [0.15, 0.2) is 11.5 Å². The molecule has 0 unspecified atom stereocenters. The smallest absolute Gasteiger partial charge is 0.179 e. The SMILES string of the molecule is COc1ccc(C=C(C)CNC(C)C)c(Cl)c1OC. The summed E-state index contributed by atoms with van der Waals surface area (Å²) in [5, 5.41) is 3.94. The zero-order valence-electron chi connectivity index (χ0n) is 12.2. The molecule has 1 rings (SSSR count). The lowest BCUT2D eigenvalue weighted by atomic mass is 10.1. The molecule has 106 valence electrons. The first-order valence-electron chi connectivity index (χ1n) is 6.30. The molecule has 4 heteroatoms. The lowest BCUT2D eigenvalue weighted by Gasteiger charge is -2.12. The van der Waals surface area contributed by atoms with E-state index >= 15 is 0 Å². The molecular weight excluding hydrogens is 262 g/mol. The Balaban J connectivity index is 2.98. The summed E-state index contributed by atoms with van der Waals surface area (Å²) in [5.74, 6) is 1.21.